The summed E-state index contributed by atoms with van der Waals surface area (Å²) in [6.45, 7) is 0. The molecule has 2 rings (SSSR count). The topological polar surface area (TPSA) is 65.8 Å². The second-order valence-electron chi connectivity index (χ2n) is 4.11. The number of carbonyl (C=O) groups is 1. The summed E-state index contributed by atoms with van der Waals surface area (Å²) in [6.07, 6.45) is 3.09. The Bertz CT molecular complexity index is 657. The van der Waals surface area contributed by atoms with Gasteiger partial charge in [-0.1, -0.05) is 68.3 Å². The van der Waals surface area contributed by atoms with E-state index in [1.165, 1.54) is 0 Å². The fraction of sp³-hybridized carbons (Fsp3) is 0. The number of amides is 2. The maximum atomic E-state index is 11.5. The molecule has 2 aromatic rings. The molecular weight excluding hydrogens is 412 g/mol. The van der Waals surface area contributed by atoms with Gasteiger partial charge in [0.1, 0.15) is 0 Å². The third kappa shape index (κ3) is 5.09. The molecule has 22 heavy (non-hydrogen) atoms. The first-order valence-corrected chi connectivity index (χ1v) is 7.86. The number of nitrogens with zero attached hydrogens (tertiary/aromatic N) is 2. The lowest BCUT2D eigenvalue weighted by molar-refractivity contribution is 0.242. The number of hydrazone groups is 2. The van der Waals surface area contributed by atoms with Crippen LogP contribution >= 0.6 is 31.9 Å². The summed E-state index contributed by atoms with van der Waals surface area (Å²) < 4.78 is 1.79. The predicted molar refractivity (Wildman–Crippen MR) is 95.1 cm³/mol. The van der Waals surface area contributed by atoms with Crippen molar-refractivity contribution in [2.45, 2.75) is 0 Å². The van der Waals surface area contributed by atoms with Gasteiger partial charge in [0.25, 0.3) is 0 Å². The first-order chi connectivity index (χ1) is 10.7. The zero-order chi connectivity index (χ0) is 15.8. The number of hydrogen-bond donors (Lipinski definition) is 2. The van der Waals surface area contributed by atoms with Crippen molar-refractivity contribution in [3.05, 3.63) is 68.6 Å². The molecule has 0 aliphatic rings. The zero-order valence-corrected chi connectivity index (χ0v) is 14.5. The second-order valence-corrected chi connectivity index (χ2v) is 5.82. The first-order valence-electron chi connectivity index (χ1n) is 6.28. The van der Waals surface area contributed by atoms with Gasteiger partial charge in [0, 0.05) is 20.1 Å². The third-order valence-corrected chi connectivity index (χ3v) is 3.99. The fourth-order valence-electron chi connectivity index (χ4n) is 1.51. The molecule has 2 amide bonds. The summed E-state index contributed by atoms with van der Waals surface area (Å²) in [5, 5.41) is 7.69. The Morgan fingerprint density at radius 2 is 1.23 bits per heavy atom. The maximum absolute atomic E-state index is 11.5. The van der Waals surface area contributed by atoms with Gasteiger partial charge < -0.3 is 0 Å². The molecule has 0 saturated heterocycles. The number of hydrogen-bond acceptors (Lipinski definition) is 3. The SMILES string of the molecule is O=C(N/N=C/c1ccccc1Br)N/N=C/c1ccccc1Br. The largest absolute Gasteiger partial charge is 0.355 e. The summed E-state index contributed by atoms with van der Waals surface area (Å²) in [6, 6.07) is 14.6. The van der Waals surface area contributed by atoms with Gasteiger partial charge in [-0.05, 0) is 12.1 Å². The van der Waals surface area contributed by atoms with E-state index in [1.807, 2.05) is 48.5 Å². The van der Waals surface area contributed by atoms with E-state index < -0.39 is 6.03 Å². The Kier molecular flexibility index (Phi) is 6.29. The van der Waals surface area contributed by atoms with Gasteiger partial charge in [-0.15, -0.1) is 0 Å². The number of urea groups is 1. The fourth-order valence-corrected chi connectivity index (χ4v) is 2.28. The summed E-state index contributed by atoms with van der Waals surface area (Å²) in [4.78, 5) is 11.5. The molecule has 0 saturated carbocycles. The van der Waals surface area contributed by atoms with E-state index in [2.05, 4.69) is 52.9 Å². The minimum atomic E-state index is -0.522. The molecule has 0 heterocycles. The van der Waals surface area contributed by atoms with Gasteiger partial charge in [-0.25, -0.2) is 15.6 Å². The Balaban J connectivity index is 1.84. The van der Waals surface area contributed by atoms with Gasteiger partial charge in [0.05, 0.1) is 12.4 Å². The van der Waals surface area contributed by atoms with Crippen LogP contribution in [0.3, 0.4) is 0 Å². The molecule has 0 bridgehead atoms. The highest BCUT2D eigenvalue weighted by molar-refractivity contribution is 9.10. The minimum absolute atomic E-state index is 0.522. The average Bonchev–Trinajstić information content (AvgIpc) is 2.51. The van der Waals surface area contributed by atoms with Crippen LogP contribution in [0.1, 0.15) is 11.1 Å². The summed E-state index contributed by atoms with van der Waals surface area (Å²) >= 11 is 6.78. The van der Waals surface area contributed by atoms with Crippen LogP contribution in [0.2, 0.25) is 0 Å². The van der Waals surface area contributed by atoms with Crippen LogP contribution in [-0.4, -0.2) is 18.5 Å². The Morgan fingerprint density at radius 1 is 0.818 bits per heavy atom. The molecule has 2 aromatic carbocycles. The normalized spacial score (nSPS) is 11.0. The van der Waals surface area contributed by atoms with Crippen LogP contribution in [0, 0.1) is 0 Å². The molecule has 0 aliphatic heterocycles. The van der Waals surface area contributed by atoms with Crippen molar-refractivity contribution in [2.24, 2.45) is 10.2 Å². The molecule has 7 heteroatoms. The van der Waals surface area contributed by atoms with Crippen molar-refractivity contribution in [3.8, 4) is 0 Å². The van der Waals surface area contributed by atoms with Crippen molar-refractivity contribution in [1.82, 2.24) is 10.9 Å². The molecular formula is C15H12Br2N4O. The Labute approximate surface area is 144 Å². The first kappa shape index (κ1) is 16.4. The van der Waals surface area contributed by atoms with Gasteiger partial charge >= 0.3 is 6.03 Å². The van der Waals surface area contributed by atoms with Gasteiger partial charge in [-0.3, -0.25) is 0 Å². The van der Waals surface area contributed by atoms with E-state index in [0.717, 1.165) is 20.1 Å². The van der Waals surface area contributed by atoms with E-state index >= 15 is 0 Å². The summed E-state index contributed by atoms with van der Waals surface area (Å²) in [5.41, 5.74) is 6.39. The molecule has 0 unspecified atom stereocenters. The number of nitrogens with one attached hydrogen (secondary N) is 2. The zero-order valence-electron chi connectivity index (χ0n) is 11.3. The average molecular weight is 424 g/mol. The van der Waals surface area contributed by atoms with E-state index in [0.29, 0.717) is 0 Å². The smallest absolute Gasteiger partial charge is 0.245 e. The quantitative estimate of drug-likeness (QED) is 0.568. The molecule has 2 N–H and O–H groups in total. The molecule has 0 fully saturated rings. The molecule has 0 aromatic heterocycles. The molecule has 0 radical (unpaired) electrons. The van der Waals surface area contributed by atoms with Crippen LogP contribution in [0.5, 0.6) is 0 Å². The monoisotopic (exact) mass is 422 g/mol. The van der Waals surface area contributed by atoms with Crippen LogP contribution in [0.15, 0.2) is 67.7 Å². The van der Waals surface area contributed by atoms with E-state index in [4.69, 9.17) is 0 Å². The Morgan fingerprint density at radius 3 is 1.64 bits per heavy atom. The van der Waals surface area contributed by atoms with Crippen LogP contribution in [0.25, 0.3) is 0 Å². The van der Waals surface area contributed by atoms with Gasteiger partial charge in [-0.2, -0.15) is 10.2 Å². The number of carbonyl (C=O) groups excluding carboxylic acids is 1. The molecule has 5 nitrogen and oxygen atoms in total. The summed E-state index contributed by atoms with van der Waals surface area (Å²) in [5.74, 6) is 0. The lowest BCUT2D eigenvalue weighted by atomic mass is 10.2. The van der Waals surface area contributed by atoms with Crippen LogP contribution in [-0.2, 0) is 0 Å². The Hall–Kier alpha value is -1.99. The maximum Gasteiger partial charge on any atom is 0.355 e. The van der Waals surface area contributed by atoms with Crippen molar-refractivity contribution in [3.63, 3.8) is 0 Å². The highest BCUT2D eigenvalue weighted by Crippen LogP contribution is 2.13. The number of rotatable bonds is 4. The lowest BCUT2D eigenvalue weighted by Crippen LogP contribution is -2.28. The van der Waals surface area contributed by atoms with E-state index in [9.17, 15) is 4.79 Å². The van der Waals surface area contributed by atoms with Crippen molar-refractivity contribution < 1.29 is 4.79 Å². The predicted octanol–water partition coefficient (Wildman–Crippen LogP) is 3.88. The molecule has 0 aliphatic carbocycles. The highest BCUT2D eigenvalue weighted by atomic mass is 79.9. The lowest BCUT2D eigenvalue weighted by Gasteiger charge is -1.99. The summed E-state index contributed by atoms with van der Waals surface area (Å²) in [7, 11) is 0. The standard InChI is InChI=1S/C15H12Br2N4O/c16-13-7-3-1-5-11(13)9-18-20-15(22)21-19-10-12-6-2-4-8-14(12)17/h1-10H,(H2,20,21,22)/b18-9+,19-10+. The number of halogens is 2. The minimum Gasteiger partial charge on any atom is -0.245 e. The van der Waals surface area contributed by atoms with Crippen LogP contribution in [0.4, 0.5) is 4.79 Å². The molecule has 0 spiro atoms. The van der Waals surface area contributed by atoms with E-state index in [1.54, 1.807) is 12.4 Å². The third-order valence-electron chi connectivity index (χ3n) is 2.55. The second kappa shape index (κ2) is 8.45. The highest BCUT2D eigenvalue weighted by Gasteiger charge is 1.97. The van der Waals surface area contributed by atoms with Crippen LogP contribution < -0.4 is 10.9 Å². The molecule has 112 valence electrons. The molecule has 0 atom stereocenters. The van der Waals surface area contributed by atoms with Crippen molar-refractivity contribution in [2.75, 3.05) is 0 Å². The van der Waals surface area contributed by atoms with Gasteiger partial charge in [0.2, 0.25) is 0 Å². The van der Waals surface area contributed by atoms with Gasteiger partial charge in [0.15, 0.2) is 0 Å². The number of benzene rings is 2. The van der Waals surface area contributed by atoms with E-state index in [-0.39, 0.29) is 0 Å². The van der Waals surface area contributed by atoms with Crippen molar-refractivity contribution in [1.29, 1.82) is 0 Å². The van der Waals surface area contributed by atoms with Crippen molar-refractivity contribution >= 4 is 50.3 Å².